The van der Waals surface area contributed by atoms with E-state index in [9.17, 15) is 9.90 Å². The number of nitrogens with zero attached hydrogens (tertiary/aromatic N) is 1. The van der Waals surface area contributed by atoms with Crippen LogP contribution in [0.1, 0.15) is 62.6 Å². The number of aliphatic hydroxyl groups is 1. The molecule has 0 bridgehead atoms. The van der Waals surface area contributed by atoms with Gasteiger partial charge in [-0.2, -0.15) is 5.10 Å². The Hall–Kier alpha value is -1.56. The van der Waals surface area contributed by atoms with Gasteiger partial charge in [0.1, 0.15) is 0 Å². The summed E-state index contributed by atoms with van der Waals surface area (Å²) in [7, 11) is 0. The third-order valence-corrected chi connectivity index (χ3v) is 3.04. The number of hydrogen-bond acceptors (Lipinski definition) is 4. The summed E-state index contributed by atoms with van der Waals surface area (Å²) in [4.78, 5) is 12.0. The van der Waals surface area contributed by atoms with Crippen molar-refractivity contribution in [1.82, 2.24) is 15.5 Å². The van der Waals surface area contributed by atoms with Gasteiger partial charge in [-0.3, -0.25) is 9.89 Å². The first-order valence-corrected chi connectivity index (χ1v) is 6.62. The van der Waals surface area contributed by atoms with Crippen molar-refractivity contribution in [2.24, 2.45) is 0 Å². The Labute approximate surface area is 113 Å². The molecule has 0 saturated carbocycles. The topological polar surface area (TPSA) is 104 Å². The van der Waals surface area contributed by atoms with Gasteiger partial charge in [0.25, 0.3) is 5.91 Å². The third-order valence-electron chi connectivity index (χ3n) is 3.04. The van der Waals surface area contributed by atoms with Crippen molar-refractivity contribution >= 4 is 11.6 Å². The number of H-pyrrole nitrogens is 1. The number of nitrogens with one attached hydrogen (secondary N) is 2. The van der Waals surface area contributed by atoms with Crippen molar-refractivity contribution < 1.29 is 9.90 Å². The van der Waals surface area contributed by atoms with Crippen molar-refractivity contribution in [2.75, 3.05) is 12.3 Å². The minimum atomic E-state index is -0.906. The second-order valence-electron chi connectivity index (χ2n) is 5.48. The zero-order valence-corrected chi connectivity index (χ0v) is 12.1. The van der Waals surface area contributed by atoms with E-state index in [1.807, 2.05) is 20.8 Å². The Morgan fingerprint density at radius 2 is 2.21 bits per heavy atom. The second-order valence-corrected chi connectivity index (χ2v) is 5.48. The molecule has 0 radical (unpaired) electrons. The normalized spacial score (nSPS) is 14.4. The molecular weight excluding hydrogens is 244 g/mol. The van der Waals surface area contributed by atoms with E-state index in [0.717, 1.165) is 12.1 Å². The number of aromatic amines is 1. The molecule has 0 aliphatic carbocycles. The Bertz CT molecular complexity index is 438. The summed E-state index contributed by atoms with van der Waals surface area (Å²) in [6.45, 7) is 7.80. The zero-order chi connectivity index (χ0) is 14.6. The Balaban J connectivity index is 2.69. The molecule has 0 aromatic carbocycles. The zero-order valence-electron chi connectivity index (χ0n) is 12.1. The third kappa shape index (κ3) is 3.96. The molecule has 1 amide bonds. The summed E-state index contributed by atoms with van der Waals surface area (Å²) in [6, 6.07) is 0. The summed E-state index contributed by atoms with van der Waals surface area (Å²) in [5, 5.41) is 19.4. The fraction of sp³-hybridized carbons (Fsp3) is 0.692. The van der Waals surface area contributed by atoms with Crippen LogP contribution in [0, 0.1) is 0 Å². The quantitative estimate of drug-likeness (QED) is 0.626. The molecule has 1 unspecified atom stereocenters. The molecule has 1 aromatic rings. The largest absolute Gasteiger partial charge is 0.395 e. The minimum absolute atomic E-state index is 0.178. The van der Waals surface area contributed by atoms with Gasteiger partial charge in [0.15, 0.2) is 5.69 Å². The van der Waals surface area contributed by atoms with Crippen LogP contribution in [0.2, 0.25) is 0 Å². The van der Waals surface area contributed by atoms with Crippen LogP contribution < -0.4 is 11.1 Å². The van der Waals surface area contributed by atoms with Gasteiger partial charge in [-0.25, -0.2) is 0 Å². The van der Waals surface area contributed by atoms with Crippen LogP contribution in [-0.2, 0) is 0 Å². The monoisotopic (exact) mass is 268 g/mol. The summed E-state index contributed by atoms with van der Waals surface area (Å²) in [5.41, 5.74) is 6.30. The molecule has 1 heterocycles. The minimum Gasteiger partial charge on any atom is -0.395 e. The lowest BCUT2D eigenvalue weighted by Gasteiger charge is -2.22. The van der Waals surface area contributed by atoms with Gasteiger partial charge >= 0.3 is 0 Å². The molecule has 1 atom stereocenters. The summed E-state index contributed by atoms with van der Waals surface area (Å²) >= 11 is 0. The molecule has 6 heteroatoms. The first-order chi connectivity index (χ1) is 8.78. The van der Waals surface area contributed by atoms with E-state index in [1.54, 1.807) is 6.92 Å². The first kappa shape index (κ1) is 15.5. The number of aromatic nitrogens is 2. The SMILES string of the molecule is CCCC(C)(O)CNC(=O)c1n[nH]c(C(C)C)c1N. The fourth-order valence-corrected chi connectivity index (χ4v) is 1.96. The molecule has 6 nitrogen and oxygen atoms in total. The Morgan fingerprint density at radius 3 is 2.68 bits per heavy atom. The predicted octanol–water partition coefficient (Wildman–Crippen LogP) is 1.40. The second kappa shape index (κ2) is 6.06. The molecule has 0 aliphatic rings. The van der Waals surface area contributed by atoms with Gasteiger partial charge < -0.3 is 16.2 Å². The van der Waals surface area contributed by atoms with Crippen LogP contribution in [0.5, 0.6) is 0 Å². The summed E-state index contributed by atoms with van der Waals surface area (Å²) in [6.07, 6.45) is 1.48. The Kier molecular flexibility index (Phi) is 4.94. The molecule has 108 valence electrons. The fourth-order valence-electron chi connectivity index (χ4n) is 1.96. The lowest BCUT2D eigenvalue weighted by atomic mass is 10.0. The van der Waals surface area contributed by atoms with Crippen LogP contribution in [-0.4, -0.2) is 33.4 Å². The maximum absolute atomic E-state index is 12.0. The maximum atomic E-state index is 12.0. The van der Waals surface area contributed by atoms with Gasteiger partial charge in [0, 0.05) is 6.54 Å². The van der Waals surface area contributed by atoms with Crippen molar-refractivity contribution in [3.8, 4) is 0 Å². The number of carbonyl (C=O) groups is 1. The smallest absolute Gasteiger partial charge is 0.274 e. The van der Waals surface area contributed by atoms with E-state index in [1.165, 1.54) is 0 Å². The van der Waals surface area contributed by atoms with E-state index >= 15 is 0 Å². The van der Waals surface area contributed by atoms with E-state index in [4.69, 9.17) is 5.73 Å². The van der Waals surface area contributed by atoms with Gasteiger partial charge in [-0.15, -0.1) is 0 Å². The molecule has 1 rings (SSSR count). The molecule has 0 saturated heterocycles. The van der Waals surface area contributed by atoms with Crippen molar-refractivity contribution in [3.05, 3.63) is 11.4 Å². The number of hydrogen-bond donors (Lipinski definition) is 4. The van der Waals surface area contributed by atoms with E-state index in [-0.39, 0.29) is 24.1 Å². The first-order valence-electron chi connectivity index (χ1n) is 6.62. The molecule has 0 spiro atoms. The molecule has 5 N–H and O–H groups in total. The highest BCUT2D eigenvalue weighted by molar-refractivity contribution is 5.97. The van der Waals surface area contributed by atoms with Crippen molar-refractivity contribution in [2.45, 2.75) is 52.1 Å². The average Bonchev–Trinajstić information content (AvgIpc) is 2.68. The number of nitrogens with two attached hydrogens (primary N) is 1. The summed E-state index contributed by atoms with van der Waals surface area (Å²) in [5.74, 6) is -0.186. The van der Waals surface area contributed by atoms with Gasteiger partial charge in [0.2, 0.25) is 0 Å². The van der Waals surface area contributed by atoms with Gasteiger partial charge in [0.05, 0.1) is 17.0 Å². The number of carbonyl (C=O) groups excluding carboxylic acids is 1. The van der Waals surface area contributed by atoms with Gasteiger partial charge in [-0.05, 0) is 19.3 Å². The highest BCUT2D eigenvalue weighted by Gasteiger charge is 2.23. The summed E-state index contributed by atoms with van der Waals surface area (Å²) < 4.78 is 0. The van der Waals surface area contributed by atoms with Gasteiger partial charge in [-0.1, -0.05) is 27.2 Å². The van der Waals surface area contributed by atoms with Crippen molar-refractivity contribution in [1.29, 1.82) is 0 Å². The molecule has 19 heavy (non-hydrogen) atoms. The highest BCUT2D eigenvalue weighted by atomic mass is 16.3. The van der Waals surface area contributed by atoms with E-state index < -0.39 is 5.60 Å². The van der Waals surface area contributed by atoms with Crippen LogP contribution in [0.15, 0.2) is 0 Å². The van der Waals surface area contributed by atoms with E-state index in [0.29, 0.717) is 12.1 Å². The predicted molar refractivity (Wildman–Crippen MR) is 75.0 cm³/mol. The number of anilines is 1. The molecule has 0 aliphatic heterocycles. The molecular formula is C13H24N4O2. The van der Waals surface area contributed by atoms with E-state index in [2.05, 4.69) is 15.5 Å². The van der Waals surface area contributed by atoms with Crippen LogP contribution in [0.25, 0.3) is 0 Å². The van der Waals surface area contributed by atoms with Crippen molar-refractivity contribution in [3.63, 3.8) is 0 Å². The number of nitrogen functional groups attached to an aromatic ring is 1. The van der Waals surface area contributed by atoms with Crippen LogP contribution >= 0.6 is 0 Å². The number of rotatable bonds is 6. The maximum Gasteiger partial charge on any atom is 0.274 e. The molecule has 0 fully saturated rings. The number of amides is 1. The Morgan fingerprint density at radius 1 is 1.58 bits per heavy atom. The van der Waals surface area contributed by atoms with Crippen LogP contribution in [0.4, 0.5) is 5.69 Å². The molecule has 1 aromatic heterocycles. The highest BCUT2D eigenvalue weighted by Crippen LogP contribution is 2.22. The lowest BCUT2D eigenvalue weighted by molar-refractivity contribution is 0.0468. The standard InChI is InChI=1S/C13H24N4O2/c1-5-6-13(4,19)7-15-12(18)11-9(14)10(8(2)3)16-17-11/h8,19H,5-7,14H2,1-4H3,(H,15,18)(H,16,17). The average molecular weight is 268 g/mol. The lowest BCUT2D eigenvalue weighted by Crippen LogP contribution is -2.40. The van der Waals surface area contributed by atoms with Crippen LogP contribution in [0.3, 0.4) is 0 Å².